The summed E-state index contributed by atoms with van der Waals surface area (Å²) in [6, 6.07) is 0. The molecule has 0 fully saturated rings. The van der Waals surface area contributed by atoms with Gasteiger partial charge in [0, 0.05) is 6.42 Å². The van der Waals surface area contributed by atoms with E-state index in [4.69, 9.17) is 4.74 Å². The summed E-state index contributed by atoms with van der Waals surface area (Å²) in [5.41, 5.74) is 0. The van der Waals surface area contributed by atoms with E-state index in [1.807, 2.05) is 0 Å². The lowest BCUT2D eigenvalue weighted by Gasteiger charge is -2.07. The Balaban J connectivity index is 3.43. The summed E-state index contributed by atoms with van der Waals surface area (Å²) in [5, 5.41) is 9.98. The van der Waals surface area contributed by atoms with Crippen LogP contribution in [0.2, 0.25) is 0 Å². The zero-order valence-electron chi connectivity index (χ0n) is 27.1. The van der Waals surface area contributed by atoms with Crippen LogP contribution in [0.3, 0.4) is 0 Å². The third kappa shape index (κ3) is 34.2. The minimum absolute atomic E-state index is 0.0567. The molecule has 1 N–H and O–H groups in total. The number of unbranched alkanes of at least 4 members (excludes halogenated alkanes) is 13. The van der Waals surface area contributed by atoms with E-state index >= 15 is 0 Å². The lowest BCUT2D eigenvalue weighted by atomic mass is 10.1. The van der Waals surface area contributed by atoms with E-state index in [2.05, 4.69) is 74.6 Å². The molecule has 0 saturated carbocycles. The molecule has 0 aliphatic heterocycles. The molecule has 0 bridgehead atoms. The molecule has 0 heterocycles. The molecule has 0 amide bonds. The van der Waals surface area contributed by atoms with E-state index in [0.717, 1.165) is 70.6 Å². The fourth-order valence-corrected chi connectivity index (χ4v) is 4.55. The average molecular weight is 571 g/mol. The van der Waals surface area contributed by atoms with Crippen molar-refractivity contribution in [3.05, 3.63) is 60.8 Å². The normalized spacial score (nSPS) is 13.1. The molecular weight excluding hydrogens is 504 g/mol. The topological polar surface area (TPSA) is 46.5 Å². The number of rotatable bonds is 30. The third-order valence-corrected chi connectivity index (χ3v) is 7.20. The van der Waals surface area contributed by atoms with Gasteiger partial charge in [0.25, 0.3) is 0 Å². The summed E-state index contributed by atoms with van der Waals surface area (Å²) in [6.45, 7) is 5.02. The van der Waals surface area contributed by atoms with Crippen molar-refractivity contribution in [3.8, 4) is 0 Å². The van der Waals surface area contributed by atoms with Gasteiger partial charge in [0.05, 0.1) is 12.7 Å². The monoisotopic (exact) mass is 571 g/mol. The van der Waals surface area contributed by atoms with Gasteiger partial charge in [-0.05, 0) is 77.0 Å². The highest BCUT2D eigenvalue weighted by Crippen LogP contribution is 2.11. The first-order valence-electron chi connectivity index (χ1n) is 17.3. The van der Waals surface area contributed by atoms with Crippen molar-refractivity contribution in [1.82, 2.24) is 0 Å². The van der Waals surface area contributed by atoms with Gasteiger partial charge in [-0.15, -0.1) is 0 Å². The number of aliphatic hydroxyl groups excluding tert-OH is 1. The van der Waals surface area contributed by atoms with Crippen molar-refractivity contribution in [1.29, 1.82) is 0 Å². The summed E-state index contributed by atoms with van der Waals surface area (Å²) >= 11 is 0. The summed E-state index contributed by atoms with van der Waals surface area (Å²) in [4.78, 5) is 11.9. The molecule has 0 aromatic rings. The molecular formula is C38H66O3. The molecule has 236 valence electrons. The number of esters is 1. The first kappa shape index (κ1) is 39.1. The van der Waals surface area contributed by atoms with Crippen LogP contribution >= 0.6 is 0 Å². The molecule has 0 rings (SSSR count). The van der Waals surface area contributed by atoms with Gasteiger partial charge in [0.1, 0.15) is 0 Å². The Labute approximate surface area is 255 Å². The number of aliphatic hydroxyl groups is 1. The minimum atomic E-state index is -0.165. The first-order valence-corrected chi connectivity index (χ1v) is 17.3. The smallest absolute Gasteiger partial charge is 0.305 e. The highest BCUT2D eigenvalue weighted by atomic mass is 16.5. The molecule has 0 saturated heterocycles. The molecule has 0 aliphatic rings. The standard InChI is InChI=1S/C38H66O3/c1-3-5-7-9-10-11-12-13-14-15-16-17-18-21-24-27-31-35-38(40)41-36-32-28-25-22-19-20-23-26-30-34-37(39)33-29-8-6-4-2/h10-11,13-14,16-17,21,24,26,30,37,39H,3-9,12,15,18-20,22-23,25,27-29,31-36H2,1-2H3/b11-10-,14-13-,17-16-,24-21-,30-26-/t37-/m1/s1. The molecule has 1 atom stereocenters. The van der Waals surface area contributed by atoms with Gasteiger partial charge in [-0.25, -0.2) is 0 Å². The van der Waals surface area contributed by atoms with E-state index in [-0.39, 0.29) is 12.1 Å². The van der Waals surface area contributed by atoms with Crippen LogP contribution in [0.4, 0.5) is 0 Å². The van der Waals surface area contributed by atoms with E-state index in [1.165, 1.54) is 70.6 Å². The molecule has 3 heteroatoms. The molecule has 0 aliphatic carbocycles. The Kier molecular flexibility index (Phi) is 32.8. The molecule has 41 heavy (non-hydrogen) atoms. The van der Waals surface area contributed by atoms with Gasteiger partial charge in [-0.3, -0.25) is 4.79 Å². The van der Waals surface area contributed by atoms with Gasteiger partial charge in [-0.2, -0.15) is 0 Å². The van der Waals surface area contributed by atoms with Crippen LogP contribution in [0.25, 0.3) is 0 Å². The number of carbonyl (C=O) groups excluding carboxylic acids is 1. The Morgan fingerprint density at radius 3 is 1.66 bits per heavy atom. The van der Waals surface area contributed by atoms with Gasteiger partial charge >= 0.3 is 5.97 Å². The maximum atomic E-state index is 11.9. The zero-order valence-corrected chi connectivity index (χ0v) is 27.1. The second-order valence-electron chi connectivity index (χ2n) is 11.3. The van der Waals surface area contributed by atoms with Crippen molar-refractivity contribution >= 4 is 5.97 Å². The van der Waals surface area contributed by atoms with Crippen molar-refractivity contribution in [2.75, 3.05) is 6.61 Å². The highest BCUT2D eigenvalue weighted by molar-refractivity contribution is 5.69. The van der Waals surface area contributed by atoms with Crippen LogP contribution in [0.1, 0.15) is 162 Å². The molecule has 0 aromatic carbocycles. The largest absolute Gasteiger partial charge is 0.466 e. The van der Waals surface area contributed by atoms with Crippen LogP contribution in [0.15, 0.2) is 60.8 Å². The second kappa shape index (κ2) is 34.3. The first-order chi connectivity index (χ1) is 20.2. The fourth-order valence-electron chi connectivity index (χ4n) is 4.55. The summed E-state index contributed by atoms with van der Waals surface area (Å²) in [5.74, 6) is -0.0567. The lowest BCUT2D eigenvalue weighted by molar-refractivity contribution is -0.143. The van der Waals surface area contributed by atoms with E-state index in [0.29, 0.717) is 13.0 Å². The Bertz CT molecular complexity index is 686. The van der Waals surface area contributed by atoms with Crippen molar-refractivity contribution < 1.29 is 14.6 Å². The minimum Gasteiger partial charge on any atom is -0.466 e. The van der Waals surface area contributed by atoms with Gasteiger partial charge in [0.2, 0.25) is 0 Å². The third-order valence-electron chi connectivity index (χ3n) is 7.20. The summed E-state index contributed by atoms with van der Waals surface area (Å²) < 4.78 is 5.38. The quantitative estimate of drug-likeness (QED) is 0.0530. The SMILES string of the molecule is CCCCC/C=C\C/C=C\C/C=C\C/C=C\CCCC(=O)OCCCCCCCC/C=C\C[C@H](O)CCCCCC. The Morgan fingerprint density at radius 2 is 1.02 bits per heavy atom. The Morgan fingerprint density at radius 1 is 0.561 bits per heavy atom. The van der Waals surface area contributed by atoms with Crippen LogP contribution in [-0.2, 0) is 9.53 Å². The Hall–Kier alpha value is -1.87. The van der Waals surface area contributed by atoms with Gasteiger partial charge in [0.15, 0.2) is 0 Å². The average Bonchev–Trinajstić information content (AvgIpc) is 2.97. The summed E-state index contributed by atoms with van der Waals surface area (Å²) in [6.07, 6.45) is 47.3. The fraction of sp³-hybridized carbons (Fsp3) is 0.711. The van der Waals surface area contributed by atoms with Crippen LogP contribution in [-0.4, -0.2) is 23.8 Å². The predicted octanol–water partition coefficient (Wildman–Crippen LogP) is 11.7. The molecule has 0 aromatic heterocycles. The molecule has 0 radical (unpaired) electrons. The lowest BCUT2D eigenvalue weighted by Crippen LogP contribution is -2.05. The number of allylic oxidation sites excluding steroid dienone is 9. The predicted molar refractivity (Wildman–Crippen MR) is 180 cm³/mol. The molecule has 0 spiro atoms. The van der Waals surface area contributed by atoms with Crippen LogP contribution in [0.5, 0.6) is 0 Å². The maximum absolute atomic E-state index is 11.9. The molecule has 3 nitrogen and oxygen atoms in total. The number of hydrogen-bond acceptors (Lipinski definition) is 3. The maximum Gasteiger partial charge on any atom is 0.305 e. The number of carbonyl (C=O) groups is 1. The van der Waals surface area contributed by atoms with Crippen molar-refractivity contribution in [2.24, 2.45) is 0 Å². The zero-order chi connectivity index (χ0) is 29.9. The van der Waals surface area contributed by atoms with E-state index in [9.17, 15) is 9.90 Å². The second-order valence-corrected chi connectivity index (χ2v) is 11.3. The van der Waals surface area contributed by atoms with Crippen LogP contribution < -0.4 is 0 Å². The van der Waals surface area contributed by atoms with Crippen molar-refractivity contribution in [3.63, 3.8) is 0 Å². The molecule has 0 unspecified atom stereocenters. The summed E-state index contributed by atoms with van der Waals surface area (Å²) in [7, 11) is 0. The number of hydrogen-bond donors (Lipinski definition) is 1. The highest BCUT2D eigenvalue weighted by Gasteiger charge is 2.02. The van der Waals surface area contributed by atoms with Gasteiger partial charge < -0.3 is 9.84 Å². The van der Waals surface area contributed by atoms with Crippen LogP contribution in [0, 0.1) is 0 Å². The van der Waals surface area contributed by atoms with E-state index in [1.54, 1.807) is 0 Å². The van der Waals surface area contributed by atoms with Gasteiger partial charge in [-0.1, -0.05) is 139 Å². The number of ether oxygens (including phenoxy) is 1. The van der Waals surface area contributed by atoms with Crippen molar-refractivity contribution in [2.45, 2.75) is 168 Å². The van der Waals surface area contributed by atoms with E-state index < -0.39 is 0 Å².